The highest BCUT2D eigenvalue weighted by atomic mass is 16.5. The topological polar surface area (TPSA) is 176 Å². The Bertz CT molecular complexity index is 1940. The van der Waals surface area contributed by atoms with E-state index < -0.39 is 5.91 Å². The molecule has 0 unspecified atom stereocenters. The lowest BCUT2D eigenvalue weighted by Gasteiger charge is -2.23. The molecule has 0 saturated heterocycles. The number of carbonyl (C=O) groups excluding carboxylic acids is 1. The summed E-state index contributed by atoms with van der Waals surface area (Å²) in [6.45, 7) is 2.30. The molecule has 42 heavy (non-hydrogen) atoms. The average Bonchev–Trinajstić information content (AvgIpc) is 3.52. The number of fused-ring (bicyclic) bond motifs is 2. The molecule has 0 aliphatic rings. The Morgan fingerprint density at radius 1 is 1.02 bits per heavy atom. The number of pyridine rings is 1. The molecule has 6 rings (SSSR count). The van der Waals surface area contributed by atoms with Gasteiger partial charge >= 0.3 is 0 Å². The molecule has 0 aliphatic heterocycles. The van der Waals surface area contributed by atoms with Gasteiger partial charge in [-0.15, -0.1) is 0 Å². The molecule has 0 aliphatic carbocycles. The fraction of sp³-hybridized carbons (Fsp3) is 0.138. The van der Waals surface area contributed by atoms with Crippen LogP contribution >= 0.6 is 0 Å². The number of benzene rings is 2. The van der Waals surface area contributed by atoms with Crippen LogP contribution in [-0.4, -0.2) is 45.6 Å². The number of aromatic amines is 1. The van der Waals surface area contributed by atoms with E-state index in [9.17, 15) is 9.59 Å². The second kappa shape index (κ2) is 11.4. The Balaban J connectivity index is 1.42. The van der Waals surface area contributed by atoms with Gasteiger partial charge in [-0.3, -0.25) is 24.3 Å². The molecule has 13 heteroatoms. The van der Waals surface area contributed by atoms with Crippen LogP contribution in [-0.2, 0) is 6.54 Å². The fourth-order valence-electron chi connectivity index (χ4n) is 4.76. The largest absolute Gasteiger partial charge is 0.379 e. The molecular weight excluding hydrogens is 536 g/mol. The molecule has 210 valence electrons. The number of para-hydroxylation sites is 1. The molecule has 13 nitrogen and oxygen atoms in total. The number of hydrogen-bond donors (Lipinski definition) is 5. The average molecular weight is 563 g/mol. The Hall–Kier alpha value is -5.69. The van der Waals surface area contributed by atoms with Crippen LogP contribution in [0.2, 0.25) is 0 Å². The lowest BCUT2D eigenvalue weighted by atomic mass is 10.1. The number of anilines is 2. The highest BCUT2D eigenvalue weighted by Gasteiger charge is 2.23. The van der Waals surface area contributed by atoms with Crippen molar-refractivity contribution in [1.29, 1.82) is 0 Å². The minimum atomic E-state index is -0.645. The maximum atomic E-state index is 14.3. The van der Waals surface area contributed by atoms with E-state index in [2.05, 4.69) is 35.6 Å². The Labute approximate surface area is 238 Å². The van der Waals surface area contributed by atoms with Crippen LogP contribution in [0, 0.1) is 0 Å². The van der Waals surface area contributed by atoms with Crippen LogP contribution < -0.4 is 21.7 Å². The van der Waals surface area contributed by atoms with E-state index in [0.717, 1.165) is 0 Å². The summed E-state index contributed by atoms with van der Waals surface area (Å²) in [7, 11) is 0. The molecule has 0 radical (unpaired) electrons. The summed E-state index contributed by atoms with van der Waals surface area (Å²) in [5, 5.41) is 16.0. The third-order valence-electron chi connectivity index (χ3n) is 6.84. The number of rotatable bonds is 9. The highest BCUT2D eigenvalue weighted by Crippen LogP contribution is 2.28. The molecule has 2 aromatic carbocycles. The van der Waals surface area contributed by atoms with Gasteiger partial charge in [0.1, 0.15) is 17.7 Å². The van der Waals surface area contributed by atoms with Crippen LogP contribution in [0.3, 0.4) is 0 Å². The van der Waals surface area contributed by atoms with Crippen molar-refractivity contribution in [3.63, 3.8) is 0 Å². The van der Waals surface area contributed by atoms with Crippen molar-refractivity contribution in [3.8, 4) is 5.69 Å². The number of hydrogen-bond acceptors (Lipinski definition) is 10. The summed E-state index contributed by atoms with van der Waals surface area (Å²) in [6.07, 6.45) is 4.98. The first-order valence-electron chi connectivity index (χ1n) is 13.2. The molecule has 5 N–H and O–H groups in total. The smallest absolute Gasteiger partial charge is 0.276 e. The number of nitrogens with one attached hydrogen (secondary N) is 4. The lowest BCUT2D eigenvalue weighted by Crippen LogP contribution is -2.28. The van der Waals surface area contributed by atoms with Crippen LogP contribution in [0.4, 0.5) is 11.5 Å². The molecule has 0 fully saturated rings. The molecule has 1 atom stereocenters. The van der Waals surface area contributed by atoms with E-state index in [0.29, 0.717) is 63.7 Å². The Morgan fingerprint density at radius 2 is 1.88 bits per heavy atom. The fourth-order valence-corrected chi connectivity index (χ4v) is 4.76. The minimum absolute atomic E-state index is 0.225. The van der Waals surface area contributed by atoms with Gasteiger partial charge in [-0.05, 0) is 42.8 Å². The van der Waals surface area contributed by atoms with Gasteiger partial charge in [-0.25, -0.2) is 25.4 Å². The zero-order valence-electron chi connectivity index (χ0n) is 22.4. The maximum Gasteiger partial charge on any atom is 0.276 e. The first-order valence-corrected chi connectivity index (χ1v) is 13.2. The first-order chi connectivity index (χ1) is 20.6. The molecule has 0 bridgehead atoms. The highest BCUT2D eigenvalue weighted by molar-refractivity contribution is 5.93. The number of hydroxylamine groups is 1. The molecule has 1 amide bonds. The number of amides is 1. The van der Waals surface area contributed by atoms with Crippen LogP contribution in [0.1, 0.15) is 41.3 Å². The SMILES string of the molecule is CC[C@H](Nc1ncnc2nc[nH]c12)c1nc2cccc(NCc3ccc(C(=O)NO)cn3)c2c(=O)n1-c1ccccc1. The zero-order valence-corrected chi connectivity index (χ0v) is 22.4. The predicted molar refractivity (Wildman–Crippen MR) is 156 cm³/mol. The van der Waals surface area contributed by atoms with Gasteiger partial charge < -0.3 is 15.6 Å². The van der Waals surface area contributed by atoms with E-state index in [4.69, 9.17) is 10.2 Å². The second-order valence-corrected chi connectivity index (χ2v) is 9.41. The van der Waals surface area contributed by atoms with Gasteiger partial charge in [-0.1, -0.05) is 31.2 Å². The van der Waals surface area contributed by atoms with Gasteiger partial charge in [0.2, 0.25) is 0 Å². The van der Waals surface area contributed by atoms with Gasteiger partial charge in [-0.2, -0.15) is 0 Å². The lowest BCUT2D eigenvalue weighted by molar-refractivity contribution is 0.0706. The Morgan fingerprint density at radius 3 is 2.64 bits per heavy atom. The summed E-state index contributed by atoms with van der Waals surface area (Å²) < 4.78 is 1.63. The van der Waals surface area contributed by atoms with Gasteiger partial charge in [0.25, 0.3) is 11.5 Å². The standard InChI is InChI=1S/C29H26N10O3/c1-2-20(36-26-24-25(33-15-32-24)34-16-35-26)27-37-22-10-6-9-21(23(22)29(41)39(27)19-7-4-3-5-8-19)31-14-18-12-11-17(13-30-18)28(40)38-42/h3-13,15-16,20,31,42H,2,14H2,1H3,(H,38,40)(H2,32,33,34,35,36)/t20-/m0/s1. The van der Waals surface area contributed by atoms with Crippen molar-refractivity contribution >= 4 is 39.5 Å². The Kier molecular flexibility index (Phi) is 7.22. The quantitative estimate of drug-likeness (QED) is 0.129. The van der Waals surface area contributed by atoms with Crippen molar-refractivity contribution < 1.29 is 10.0 Å². The molecule has 4 heterocycles. The van der Waals surface area contributed by atoms with Gasteiger partial charge in [0.05, 0.1) is 46.8 Å². The van der Waals surface area contributed by atoms with Crippen molar-refractivity contribution in [2.24, 2.45) is 0 Å². The van der Waals surface area contributed by atoms with Crippen molar-refractivity contribution in [3.05, 3.63) is 107 Å². The van der Waals surface area contributed by atoms with Crippen LogP contribution in [0.15, 0.2) is 84.3 Å². The van der Waals surface area contributed by atoms with Gasteiger partial charge in [0, 0.05) is 11.9 Å². The molecule has 4 aromatic heterocycles. The van der Waals surface area contributed by atoms with E-state index in [1.807, 2.05) is 55.5 Å². The second-order valence-electron chi connectivity index (χ2n) is 9.41. The van der Waals surface area contributed by atoms with Crippen molar-refractivity contribution in [1.82, 2.24) is 40.0 Å². The van der Waals surface area contributed by atoms with E-state index in [1.54, 1.807) is 28.5 Å². The van der Waals surface area contributed by atoms with Crippen molar-refractivity contribution in [2.75, 3.05) is 10.6 Å². The van der Waals surface area contributed by atoms with Gasteiger partial charge in [0.15, 0.2) is 11.5 Å². The van der Waals surface area contributed by atoms with E-state index in [1.165, 1.54) is 12.5 Å². The monoisotopic (exact) mass is 562 g/mol. The number of carbonyl (C=O) groups is 1. The molecular formula is C29H26N10O3. The summed E-state index contributed by atoms with van der Waals surface area (Å²) >= 11 is 0. The van der Waals surface area contributed by atoms with Crippen LogP contribution in [0.25, 0.3) is 27.8 Å². The first kappa shape index (κ1) is 26.5. The number of aromatic nitrogens is 7. The van der Waals surface area contributed by atoms with E-state index >= 15 is 0 Å². The molecule has 6 aromatic rings. The number of nitrogens with zero attached hydrogens (tertiary/aromatic N) is 6. The third kappa shape index (κ3) is 4.99. The summed E-state index contributed by atoms with van der Waals surface area (Å²) in [6, 6.07) is 17.7. The van der Waals surface area contributed by atoms with Crippen molar-refractivity contribution in [2.45, 2.75) is 25.9 Å². The van der Waals surface area contributed by atoms with E-state index in [-0.39, 0.29) is 17.2 Å². The minimum Gasteiger partial charge on any atom is -0.379 e. The zero-order chi connectivity index (χ0) is 29.1. The maximum absolute atomic E-state index is 14.3. The van der Waals surface area contributed by atoms with Crippen LogP contribution in [0.5, 0.6) is 0 Å². The summed E-state index contributed by atoms with van der Waals surface area (Å²) in [5.74, 6) is 0.445. The normalized spacial score (nSPS) is 11.9. The number of imidazole rings is 1. The molecule has 0 saturated carbocycles. The third-order valence-corrected chi connectivity index (χ3v) is 6.84. The predicted octanol–water partition coefficient (Wildman–Crippen LogP) is 3.74. The summed E-state index contributed by atoms with van der Waals surface area (Å²) in [4.78, 5) is 51.1. The number of H-pyrrole nitrogens is 1. The summed E-state index contributed by atoms with van der Waals surface area (Å²) in [5.41, 5.74) is 5.21. The molecule has 0 spiro atoms.